The van der Waals surface area contributed by atoms with Gasteiger partial charge in [0.2, 0.25) is 11.9 Å². The Balaban J connectivity index is 1.99. The minimum atomic E-state index is 0.427. The number of hydrogen-bond acceptors (Lipinski definition) is 6. The summed E-state index contributed by atoms with van der Waals surface area (Å²) in [6.07, 6.45) is 5.98. The predicted molar refractivity (Wildman–Crippen MR) is 81.7 cm³/mol. The third-order valence-electron chi connectivity index (χ3n) is 4.18. The van der Waals surface area contributed by atoms with Gasteiger partial charge in [0.25, 0.3) is 5.95 Å². The Kier molecular flexibility index (Phi) is 3.72. The quantitative estimate of drug-likeness (QED) is 0.927. The van der Waals surface area contributed by atoms with Gasteiger partial charge >= 0.3 is 0 Å². The molecule has 1 saturated heterocycles. The molecule has 0 aromatic carbocycles. The van der Waals surface area contributed by atoms with Crippen molar-refractivity contribution in [2.45, 2.75) is 32.7 Å². The molecule has 3 heterocycles. The maximum absolute atomic E-state index is 4.60. The second-order valence-corrected chi connectivity index (χ2v) is 5.51. The van der Waals surface area contributed by atoms with E-state index in [1.54, 1.807) is 10.9 Å². The van der Waals surface area contributed by atoms with Gasteiger partial charge in [0.1, 0.15) is 0 Å². The highest BCUT2D eigenvalue weighted by Crippen LogP contribution is 2.26. The van der Waals surface area contributed by atoms with Crippen LogP contribution in [0, 0.1) is 5.92 Å². The van der Waals surface area contributed by atoms with Gasteiger partial charge in [-0.25, -0.2) is 4.68 Å². The lowest BCUT2D eigenvalue weighted by Crippen LogP contribution is -2.43. The smallest absolute Gasteiger partial charge is 0.257 e. The highest BCUT2D eigenvalue weighted by atomic mass is 15.4. The Morgan fingerprint density at radius 3 is 2.71 bits per heavy atom. The maximum Gasteiger partial charge on any atom is 0.257 e. The van der Waals surface area contributed by atoms with Crippen molar-refractivity contribution in [1.29, 1.82) is 0 Å². The second kappa shape index (κ2) is 5.67. The molecule has 0 amide bonds. The molecule has 2 aromatic heterocycles. The zero-order valence-electron chi connectivity index (χ0n) is 12.7. The van der Waals surface area contributed by atoms with Crippen LogP contribution in [0.4, 0.5) is 11.9 Å². The molecular weight excluding hydrogens is 266 g/mol. The van der Waals surface area contributed by atoms with Gasteiger partial charge in [-0.15, -0.1) is 0 Å². The molecule has 2 atom stereocenters. The third-order valence-corrected chi connectivity index (χ3v) is 4.18. The second-order valence-electron chi connectivity index (χ2n) is 5.51. The zero-order chi connectivity index (χ0) is 14.8. The summed E-state index contributed by atoms with van der Waals surface area (Å²) in [7, 11) is 1.81. The van der Waals surface area contributed by atoms with Crippen molar-refractivity contribution in [3.05, 3.63) is 18.5 Å². The van der Waals surface area contributed by atoms with Crippen LogP contribution in [0.1, 0.15) is 26.7 Å². The molecule has 7 heteroatoms. The molecule has 21 heavy (non-hydrogen) atoms. The normalized spacial score (nSPS) is 22.3. The molecule has 1 aliphatic heterocycles. The average molecular weight is 287 g/mol. The largest absolute Gasteiger partial charge is 0.357 e. The lowest BCUT2D eigenvalue weighted by atomic mass is 9.92. The third kappa shape index (κ3) is 2.68. The fraction of sp³-hybridized carbons (Fsp3) is 0.571. The lowest BCUT2D eigenvalue weighted by molar-refractivity contribution is 0.359. The van der Waals surface area contributed by atoms with Gasteiger partial charge in [-0.1, -0.05) is 6.92 Å². The Bertz CT molecular complexity index is 595. The van der Waals surface area contributed by atoms with E-state index in [0.29, 0.717) is 23.9 Å². The van der Waals surface area contributed by atoms with Gasteiger partial charge in [0.05, 0.1) is 0 Å². The van der Waals surface area contributed by atoms with Crippen molar-refractivity contribution in [2.75, 3.05) is 23.8 Å². The molecular formula is C14H21N7. The van der Waals surface area contributed by atoms with E-state index in [9.17, 15) is 0 Å². The van der Waals surface area contributed by atoms with Crippen LogP contribution in [0.15, 0.2) is 18.5 Å². The van der Waals surface area contributed by atoms with Gasteiger partial charge in [0.15, 0.2) is 0 Å². The van der Waals surface area contributed by atoms with Crippen molar-refractivity contribution >= 4 is 11.9 Å². The molecule has 2 unspecified atom stereocenters. The average Bonchev–Trinajstić information content (AvgIpc) is 3.04. The highest BCUT2D eigenvalue weighted by Gasteiger charge is 2.27. The van der Waals surface area contributed by atoms with E-state index in [1.165, 1.54) is 12.8 Å². The van der Waals surface area contributed by atoms with Crippen LogP contribution in [-0.4, -0.2) is 44.4 Å². The first-order valence-electron chi connectivity index (χ1n) is 7.39. The zero-order valence-corrected chi connectivity index (χ0v) is 12.7. The molecule has 0 saturated carbocycles. The van der Waals surface area contributed by atoms with Crippen molar-refractivity contribution in [3.63, 3.8) is 0 Å². The topological polar surface area (TPSA) is 71.8 Å². The van der Waals surface area contributed by atoms with Gasteiger partial charge in [-0.05, 0) is 31.7 Å². The number of piperidine rings is 1. The summed E-state index contributed by atoms with van der Waals surface area (Å²) in [5.74, 6) is 2.47. The van der Waals surface area contributed by atoms with E-state index < -0.39 is 0 Å². The minimum absolute atomic E-state index is 0.427. The number of rotatable bonds is 3. The maximum atomic E-state index is 4.60. The molecule has 0 radical (unpaired) electrons. The van der Waals surface area contributed by atoms with Crippen molar-refractivity contribution < 1.29 is 0 Å². The molecule has 1 N–H and O–H groups in total. The summed E-state index contributed by atoms with van der Waals surface area (Å²) in [5.41, 5.74) is 0. The molecule has 1 aliphatic rings. The van der Waals surface area contributed by atoms with E-state index in [2.05, 4.69) is 44.1 Å². The Labute approximate surface area is 124 Å². The number of hydrogen-bond donors (Lipinski definition) is 1. The standard InChI is InChI=1S/C14H21N7/c1-10-6-4-8-20(11(10)2)13-17-12(15-3)18-14(19-13)21-9-5-7-16-21/h5,7,9-11H,4,6,8H2,1-3H3,(H,15,17,18,19). The van der Waals surface area contributed by atoms with E-state index in [0.717, 1.165) is 12.5 Å². The number of aromatic nitrogens is 5. The van der Waals surface area contributed by atoms with Crippen LogP contribution in [0.5, 0.6) is 0 Å². The van der Waals surface area contributed by atoms with Crippen LogP contribution in [-0.2, 0) is 0 Å². The molecule has 1 fully saturated rings. The lowest BCUT2D eigenvalue weighted by Gasteiger charge is -2.37. The summed E-state index contributed by atoms with van der Waals surface area (Å²) in [6.45, 7) is 5.50. The predicted octanol–water partition coefficient (Wildman–Crippen LogP) is 1.72. The van der Waals surface area contributed by atoms with Crippen LogP contribution >= 0.6 is 0 Å². The first-order valence-corrected chi connectivity index (χ1v) is 7.39. The van der Waals surface area contributed by atoms with E-state index in [-0.39, 0.29) is 0 Å². The summed E-state index contributed by atoms with van der Waals surface area (Å²) in [4.78, 5) is 15.8. The van der Waals surface area contributed by atoms with E-state index in [4.69, 9.17) is 0 Å². The first-order chi connectivity index (χ1) is 10.2. The number of nitrogens with zero attached hydrogens (tertiary/aromatic N) is 6. The van der Waals surface area contributed by atoms with Crippen LogP contribution in [0.3, 0.4) is 0 Å². The summed E-state index contributed by atoms with van der Waals surface area (Å²) >= 11 is 0. The first kappa shape index (κ1) is 13.8. The van der Waals surface area contributed by atoms with Gasteiger partial charge in [0, 0.05) is 32.0 Å². The summed E-state index contributed by atoms with van der Waals surface area (Å²) in [5, 5.41) is 7.20. The molecule has 0 spiro atoms. The SMILES string of the molecule is CNc1nc(N2CCCC(C)C2C)nc(-n2cccn2)n1. The molecule has 7 nitrogen and oxygen atoms in total. The van der Waals surface area contributed by atoms with Crippen LogP contribution < -0.4 is 10.2 Å². The monoisotopic (exact) mass is 287 g/mol. The minimum Gasteiger partial charge on any atom is -0.357 e. The molecule has 0 aliphatic carbocycles. The van der Waals surface area contributed by atoms with E-state index in [1.807, 2.05) is 19.3 Å². The van der Waals surface area contributed by atoms with Gasteiger partial charge in [-0.3, -0.25) is 0 Å². The number of nitrogens with one attached hydrogen (secondary N) is 1. The molecule has 0 bridgehead atoms. The van der Waals surface area contributed by atoms with Crippen molar-refractivity contribution in [1.82, 2.24) is 24.7 Å². The fourth-order valence-corrected chi connectivity index (χ4v) is 2.70. The Morgan fingerprint density at radius 1 is 1.19 bits per heavy atom. The van der Waals surface area contributed by atoms with Gasteiger partial charge < -0.3 is 10.2 Å². The molecule has 3 rings (SSSR count). The summed E-state index contributed by atoms with van der Waals surface area (Å²) < 4.78 is 1.66. The Morgan fingerprint density at radius 2 is 2.00 bits per heavy atom. The van der Waals surface area contributed by atoms with Gasteiger partial charge in [-0.2, -0.15) is 20.1 Å². The van der Waals surface area contributed by atoms with Crippen molar-refractivity contribution in [2.24, 2.45) is 5.92 Å². The van der Waals surface area contributed by atoms with E-state index >= 15 is 0 Å². The fourth-order valence-electron chi connectivity index (χ4n) is 2.70. The summed E-state index contributed by atoms with van der Waals surface area (Å²) in [6, 6.07) is 2.28. The Hall–Kier alpha value is -2.18. The van der Waals surface area contributed by atoms with Crippen molar-refractivity contribution in [3.8, 4) is 5.95 Å². The molecule has 2 aromatic rings. The highest BCUT2D eigenvalue weighted by molar-refractivity contribution is 5.41. The van der Waals surface area contributed by atoms with Crippen LogP contribution in [0.2, 0.25) is 0 Å². The number of anilines is 2. The van der Waals surface area contributed by atoms with Crippen LogP contribution in [0.25, 0.3) is 5.95 Å². The molecule has 112 valence electrons.